The molecule has 4 nitrogen and oxygen atoms in total. The zero-order valence-corrected chi connectivity index (χ0v) is 13.9. The van der Waals surface area contributed by atoms with Crippen LogP contribution in [0.1, 0.15) is 72.1 Å². The Labute approximate surface area is 121 Å². The zero-order valence-electron chi connectivity index (χ0n) is 13.1. The highest BCUT2D eigenvalue weighted by Gasteiger charge is 1.90. The fourth-order valence-electron chi connectivity index (χ4n) is 1.38. The van der Waals surface area contributed by atoms with E-state index >= 15 is 0 Å². The van der Waals surface area contributed by atoms with Crippen LogP contribution in [0.15, 0.2) is 4.36 Å². The summed E-state index contributed by atoms with van der Waals surface area (Å²) in [4.78, 5) is 0. The van der Waals surface area contributed by atoms with Gasteiger partial charge in [-0.3, -0.25) is 0 Å². The van der Waals surface area contributed by atoms with E-state index in [1.807, 2.05) is 7.05 Å². The average Bonchev–Trinajstić information content (AvgIpc) is 2.37. The van der Waals surface area contributed by atoms with Crippen molar-refractivity contribution in [3.8, 4) is 0 Å². The first-order chi connectivity index (χ1) is 9.04. The lowest BCUT2D eigenvalue weighted by Gasteiger charge is -1.98. The maximum atomic E-state index is 10.0. The van der Waals surface area contributed by atoms with E-state index in [1.54, 1.807) is 0 Å². The van der Waals surface area contributed by atoms with Crippen molar-refractivity contribution in [2.24, 2.45) is 4.36 Å². The molecule has 0 unspecified atom stereocenters. The molecule has 0 aromatic rings. The van der Waals surface area contributed by atoms with E-state index in [4.69, 9.17) is 0 Å². The maximum absolute atomic E-state index is 10.0. The molecule has 0 bridgehead atoms. The molecular formula is C14H32N2O2S. The third-order valence-electron chi connectivity index (χ3n) is 2.79. The van der Waals surface area contributed by atoms with Crippen LogP contribution in [0.3, 0.4) is 0 Å². The number of unbranched alkanes of at least 4 members (excludes halogenated alkanes) is 7. The van der Waals surface area contributed by atoms with Crippen molar-refractivity contribution in [1.29, 1.82) is 0 Å². The van der Waals surface area contributed by atoms with E-state index in [1.165, 1.54) is 38.5 Å². The summed E-state index contributed by atoms with van der Waals surface area (Å²) in [5.74, 6) is 0. The van der Waals surface area contributed by atoms with Crippen molar-refractivity contribution >= 4 is 10.5 Å². The van der Waals surface area contributed by atoms with Crippen LogP contribution in [0.2, 0.25) is 0 Å². The van der Waals surface area contributed by atoms with E-state index in [-0.39, 0.29) is 0 Å². The van der Waals surface area contributed by atoms with Crippen molar-refractivity contribution in [2.45, 2.75) is 78.2 Å². The fourth-order valence-corrected chi connectivity index (χ4v) is 1.66. The highest BCUT2D eigenvalue weighted by molar-refractivity contribution is 7.61. The maximum Gasteiger partial charge on any atom is 0.311 e. The van der Waals surface area contributed by atoms with Gasteiger partial charge in [-0.15, -0.1) is 0 Å². The second-order valence-electron chi connectivity index (χ2n) is 4.99. The molecule has 0 fully saturated rings. The van der Waals surface area contributed by atoms with Crippen LogP contribution < -0.4 is 5.32 Å². The number of nitrogens with one attached hydrogen (secondary N) is 1. The number of hydrogen-bond donors (Lipinski definition) is 1. The number of hydrogen-bond acceptors (Lipinski definition) is 4. The normalized spacial score (nSPS) is 9.95. The van der Waals surface area contributed by atoms with Crippen molar-refractivity contribution < 1.29 is 8.42 Å². The van der Waals surface area contributed by atoms with Crippen molar-refractivity contribution in [3.05, 3.63) is 0 Å². The third kappa shape index (κ3) is 27.0. The second-order valence-corrected chi connectivity index (χ2v) is 5.68. The largest absolute Gasteiger partial charge is 0.318 e. The van der Waals surface area contributed by atoms with Crippen LogP contribution in [-0.4, -0.2) is 28.1 Å². The first-order valence-corrected chi connectivity index (χ1v) is 8.51. The minimum atomic E-state index is -2.20. The van der Waals surface area contributed by atoms with Gasteiger partial charge in [-0.05, 0) is 13.5 Å². The first-order valence-electron chi connectivity index (χ1n) is 7.48. The van der Waals surface area contributed by atoms with Crippen LogP contribution in [0.4, 0.5) is 0 Å². The molecule has 0 atom stereocenters. The SMILES string of the molecule is CCCCCCCCCCN=S(=O)=O.CNC(C)C. The van der Waals surface area contributed by atoms with Gasteiger partial charge < -0.3 is 5.32 Å². The van der Waals surface area contributed by atoms with Gasteiger partial charge >= 0.3 is 10.5 Å². The lowest BCUT2D eigenvalue weighted by atomic mass is 10.1. The summed E-state index contributed by atoms with van der Waals surface area (Å²) in [5.41, 5.74) is 0. The molecule has 0 heterocycles. The highest BCUT2D eigenvalue weighted by Crippen LogP contribution is 2.08. The van der Waals surface area contributed by atoms with Crippen LogP contribution in [0.25, 0.3) is 0 Å². The molecule has 0 radical (unpaired) electrons. The van der Waals surface area contributed by atoms with Crippen molar-refractivity contribution in [3.63, 3.8) is 0 Å². The quantitative estimate of drug-likeness (QED) is 0.623. The zero-order chi connectivity index (χ0) is 14.9. The lowest BCUT2D eigenvalue weighted by Crippen LogP contribution is -2.15. The highest BCUT2D eigenvalue weighted by atomic mass is 32.2. The predicted molar refractivity (Wildman–Crippen MR) is 83.0 cm³/mol. The number of nitrogens with zero attached hydrogens (tertiary/aromatic N) is 1. The first kappa shape index (κ1) is 20.9. The minimum Gasteiger partial charge on any atom is -0.318 e. The Morgan fingerprint density at radius 3 is 1.74 bits per heavy atom. The average molecular weight is 292 g/mol. The van der Waals surface area contributed by atoms with Crippen molar-refractivity contribution in [1.82, 2.24) is 5.32 Å². The molecule has 116 valence electrons. The topological polar surface area (TPSA) is 58.5 Å². The van der Waals surface area contributed by atoms with Gasteiger partial charge in [-0.25, -0.2) is 0 Å². The summed E-state index contributed by atoms with van der Waals surface area (Å²) < 4.78 is 23.5. The van der Waals surface area contributed by atoms with Gasteiger partial charge in [-0.1, -0.05) is 65.7 Å². The van der Waals surface area contributed by atoms with E-state index in [0.29, 0.717) is 12.6 Å². The predicted octanol–water partition coefficient (Wildman–Crippen LogP) is 3.80. The molecule has 0 saturated heterocycles. The lowest BCUT2D eigenvalue weighted by molar-refractivity contribution is 0.577. The monoisotopic (exact) mass is 292 g/mol. The molecule has 0 aliphatic carbocycles. The minimum absolute atomic E-state index is 0.463. The Morgan fingerprint density at radius 2 is 1.37 bits per heavy atom. The molecule has 0 saturated carbocycles. The van der Waals surface area contributed by atoms with Gasteiger partial charge in [0.2, 0.25) is 0 Å². The van der Waals surface area contributed by atoms with Gasteiger partial charge in [0.05, 0.1) is 6.54 Å². The Kier molecular flexibility index (Phi) is 19.3. The molecule has 1 N–H and O–H groups in total. The summed E-state index contributed by atoms with van der Waals surface area (Å²) >= 11 is 0. The van der Waals surface area contributed by atoms with Crippen LogP contribution in [0.5, 0.6) is 0 Å². The van der Waals surface area contributed by atoms with Gasteiger partial charge in [0.1, 0.15) is 0 Å². The van der Waals surface area contributed by atoms with E-state index in [9.17, 15) is 8.42 Å². The van der Waals surface area contributed by atoms with E-state index < -0.39 is 10.5 Å². The molecule has 0 spiro atoms. The van der Waals surface area contributed by atoms with Crippen LogP contribution in [0, 0.1) is 0 Å². The van der Waals surface area contributed by atoms with E-state index in [2.05, 4.69) is 30.5 Å². The fraction of sp³-hybridized carbons (Fsp3) is 1.00. The van der Waals surface area contributed by atoms with Crippen molar-refractivity contribution in [2.75, 3.05) is 13.6 Å². The molecule has 0 aromatic carbocycles. The summed E-state index contributed by atoms with van der Waals surface area (Å²) in [6.07, 6.45) is 9.78. The third-order valence-corrected chi connectivity index (χ3v) is 3.18. The molecule has 5 heteroatoms. The summed E-state index contributed by atoms with van der Waals surface area (Å²) in [6.45, 7) is 6.90. The Morgan fingerprint density at radius 1 is 0.947 bits per heavy atom. The molecule has 0 aliphatic heterocycles. The summed E-state index contributed by atoms with van der Waals surface area (Å²) in [5, 5.41) is 3.03. The molecule has 0 rings (SSSR count). The van der Waals surface area contributed by atoms with Crippen LogP contribution in [-0.2, 0) is 10.5 Å². The smallest absolute Gasteiger partial charge is 0.311 e. The molecule has 0 amide bonds. The second kappa shape index (κ2) is 17.6. The van der Waals surface area contributed by atoms with Gasteiger partial charge in [0.25, 0.3) is 0 Å². The van der Waals surface area contributed by atoms with Gasteiger partial charge in [0.15, 0.2) is 0 Å². The molecular weight excluding hydrogens is 260 g/mol. The van der Waals surface area contributed by atoms with Crippen LogP contribution >= 0.6 is 0 Å². The Balaban J connectivity index is 0. The summed E-state index contributed by atoms with van der Waals surface area (Å²) in [7, 11) is -0.253. The Bertz CT molecular complexity index is 280. The standard InChI is InChI=1S/C10H21NO2S.C4H11N/c1-2-3-4-5-6-7-8-9-10-11-14(12)13;1-4(2)5-3/h2-10H2,1H3;4-5H,1-3H3. The van der Waals surface area contributed by atoms with E-state index in [0.717, 1.165) is 12.8 Å². The molecule has 0 aliphatic rings. The summed E-state index contributed by atoms with van der Waals surface area (Å²) in [6, 6.07) is 0.634. The number of rotatable bonds is 10. The van der Waals surface area contributed by atoms with Gasteiger partial charge in [0, 0.05) is 6.04 Å². The molecule has 19 heavy (non-hydrogen) atoms. The Hall–Kier alpha value is -0.420. The van der Waals surface area contributed by atoms with Gasteiger partial charge in [-0.2, -0.15) is 12.8 Å². The molecule has 0 aromatic heterocycles.